The van der Waals surface area contributed by atoms with E-state index in [1.807, 2.05) is 19.1 Å². The normalized spacial score (nSPS) is 24.4. The number of benzene rings is 1. The van der Waals surface area contributed by atoms with Gasteiger partial charge in [-0.05, 0) is 44.5 Å². The second-order valence-electron chi connectivity index (χ2n) is 5.20. The SMILES string of the molecule is COc1cc(C)cc(C2CC(CN)CN2C)c1O. The van der Waals surface area contributed by atoms with E-state index in [-0.39, 0.29) is 11.8 Å². The summed E-state index contributed by atoms with van der Waals surface area (Å²) in [6.07, 6.45) is 0.993. The Kier molecular flexibility index (Phi) is 3.78. The van der Waals surface area contributed by atoms with Crippen LogP contribution >= 0.6 is 0 Å². The van der Waals surface area contributed by atoms with E-state index in [9.17, 15) is 5.11 Å². The maximum absolute atomic E-state index is 10.3. The highest BCUT2D eigenvalue weighted by molar-refractivity contribution is 5.49. The first kappa shape index (κ1) is 13.2. The van der Waals surface area contributed by atoms with Crippen molar-refractivity contribution in [3.8, 4) is 11.5 Å². The van der Waals surface area contributed by atoms with Crippen molar-refractivity contribution in [2.45, 2.75) is 19.4 Å². The van der Waals surface area contributed by atoms with Crippen LogP contribution in [-0.4, -0.2) is 37.3 Å². The first-order valence-electron chi connectivity index (χ1n) is 6.34. The van der Waals surface area contributed by atoms with E-state index in [4.69, 9.17) is 10.5 Å². The van der Waals surface area contributed by atoms with E-state index in [2.05, 4.69) is 11.9 Å². The van der Waals surface area contributed by atoms with Crippen molar-refractivity contribution in [1.29, 1.82) is 0 Å². The number of hydrogen-bond donors (Lipinski definition) is 2. The minimum atomic E-state index is 0.229. The van der Waals surface area contributed by atoms with Gasteiger partial charge in [-0.3, -0.25) is 4.90 Å². The molecule has 1 heterocycles. The number of nitrogens with zero attached hydrogens (tertiary/aromatic N) is 1. The number of hydrogen-bond acceptors (Lipinski definition) is 4. The molecular formula is C14H22N2O2. The summed E-state index contributed by atoms with van der Waals surface area (Å²) in [5.74, 6) is 1.32. The van der Waals surface area contributed by atoms with Gasteiger partial charge in [0.15, 0.2) is 11.5 Å². The molecule has 0 saturated carbocycles. The topological polar surface area (TPSA) is 58.7 Å². The van der Waals surface area contributed by atoms with Crippen LogP contribution in [0.1, 0.15) is 23.6 Å². The minimum absolute atomic E-state index is 0.229. The van der Waals surface area contributed by atoms with Crippen LogP contribution in [0.15, 0.2) is 12.1 Å². The second-order valence-corrected chi connectivity index (χ2v) is 5.20. The number of likely N-dealkylation sites (tertiary alicyclic amines) is 1. The monoisotopic (exact) mass is 250 g/mol. The molecule has 18 heavy (non-hydrogen) atoms. The molecule has 1 aliphatic heterocycles. The molecule has 4 nitrogen and oxygen atoms in total. The summed E-state index contributed by atoms with van der Waals surface area (Å²) >= 11 is 0. The lowest BCUT2D eigenvalue weighted by Gasteiger charge is -2.22. The zero-order valence-electron chi connectivity index (χ0n) is 11.3. The van der Waals surface area contributed by atoms with E-state index in [1.165, 1.54) is 0 Å². The van der Waals surface area contributed by atoms with Crippen LogP contribution in [0.2, 0.25) is 0 Å². The molecule has 3 N–H and O–H groups in total. The fourth-order valence-electron chi connectivity index (χ4n) is 2.82. The standard InChI is InChI=1S/C14H22N2O2/c1-9-4-11(14(17)13(5-9)18-3)12-6-10(7-15)8-16(12)2/h4-5,10,12,17H,6-8,15H2,1-3H3. The summed E-state index contributed by atoms with van der Waals surface area (Å²) in [5, 5.41) is 10.3. The Bertz CT molecular complexity index is 434. The minimum Gasteiger partial charge on any atom is -0.504 e. The molecule has 2 atom stereocenters. The number of methoxy groups -OCH3 is 1. The molecule has 1 fully saturated rings. The number of ether oxygens (including phenoxy) is 1. The summed E-state index contributed by atoms with van der Waals surface area (Å²) in [6.45, 7) is 3.70. The zero-order chi connectivity index (χ0) is 13.3. The van der Waals surface area contributed by atoms with Gasteiger partial charge < -0.3 is 15.6 Å². The average molecular weight is 250 g/mol. The highest BCUT2D eigenvalue weighted by atomic mass is 16.5. The first-order chi connectivity index (χ1) is 8.56. The van der Waals surface area contributed by atoms with Crippen molar-refractivity contribution in [3.05, 3.63) is 23.3 Å². The van der Waals surface area contributed by atoms with Gasteiger partial charge in [0, 0.05) is 18.2 Å². The number of aryl methyl sites for hydroxylation is 1. The predicted molar refractivity (Wildman–Crippen MR) is 71.9 cm³/mol. The summed E-state index contributed by atoms with van der Waals surface area (Å²) in [4.78, 5) is 2.26. The van der Waals surface area contributed by atoms with E-state index in [0.717, 1.165) is 24.1 Å². The maximum Gasteiger partial charge on any atom is 0.162 e. The van der Waals surface area contributed by atoms with Gasteiger partial charge in [0.25, 0.3) is 0 Å². The van der Waals surface area contributed by atoms with E-state index < -0.39 is 0 Å². The van der Waals surface area contributed by atoms with Crippen LogP contribution < -0.4 is 10.5 Å². The Morgan fingerprint density at radius 1 is 1.50 bits per heavy atom. The fourth-order valence-corrected chi connectivity index (χ4v) is 2.82. The molecule has 1 aromatic carbocycles. The number of phenols is 1. The molecule has 0 bridgehead atoms. The molecule has 1 saturated heterocycles. The second kappa shape index (κ2) is 5.16. The molecular weight excluding hydrogens is 228 g/mol. The van der Waals surface area contributed by atoms with Gasteiger partial charge in [-0.2, -0.15) is 0 Å². The molecule has 1 aromatic rings. The van der Waals surface area contributed by atoms with E-state index in [1.54, 1.807) is 7.11 Å². The number of aromatic hydroxyl groups is 1. The van der Waals surface area contributed by atoms with Crippen molar-refractivity contribution < 1.29 is 9.84 Å². The zero-order valence-corrected chi connectivity index (χ0v) is 11.3. The van der Waals surface area contributed by atoms with E-state index in [0.29, 0.717) is 18.2 Å². The Hall–Kier alpha value is -1.26. The van der Waals surface area contributed by atoms with Crippen molar-refractivity contribution >= 4 is 0 Å². The summed E-state index contributed by atoms with van der Waals surface area (Å²) < 4.78 is 5.22. The molecule has 2 rings (SSSR count). The Morgan fingerprint density at radius 2 is 2.22 bits per heavy atom. The predicted octanol–water partition coefficient (Wildman–Crippen LogP) is 1.66. The van der Waals surface area contributed by atoms with Crippen molar-refractivity contribution in [2.24, 2.45) is 11.7 Å². The molecule has 0 spiro atoms. The smallest absolute Gasteiger partial charge is 0.162 e. The van der Waals surface area contributed by atoms with E-state index >= 15 is 0 Å². The molecule has 100 valence electrons. The molecule has 2 unspecified atom stereocenters. The van der Waals surface area contributed by atoms with Gasteiger partial charge in [-0.25, -0.2) is 0 Å². The lowest BCUT2D eigenvalue weighted by Crippen LogP contribution is -2.20. The third kappa shape index (κ3) is 2.31. The van der Waals surface area contributed by atoms with Gasteiger partial charge in [-0.15, -0.1) is 0 Å². The number of nitrogens with two attached hydrogens (primary N) is 1. The molecule has 0 radical (unpaired) electrons. The molecule has 0 aromatic heterocycles. The van der Waals surface area contributed by atoms with Gasteiger partial charge in [-0.1, -0.05) is 6.07 Å². The van der Waals surface area contributed by atoms with Crippen LogP contribution in [0, 0.1) is 12.8 Å². The summed E-state index contributed by atoms with van der Waals surface area (Å²) in [5.41, 5.74) is 7.80. The summed E-state index contributed by atoms with van der Waals surface area (Å²) in [7, 11) is 3.66. The quantitative estimate of drug-likeness (QED) is 0.856. The lowest BCUT2D eigenvalue weighted by molar-refractivity contribution is 0.300. The molecule has 4 heteroatoms. The molecule has 0 aliphatic carbocycles. The van der Waals surface area contributed by atoms with Crippen LogP contribution in [0.3, 0.4) is 0 Å². The third-order valence-corrected chi connectivity index (χ3v) is 3.80. The Morgan fingerprint density at radius 3 is 2.78 bits per heavy atom. The lowest BCUT2D eigenvalue weighted by atomic mass is 9.97. The van der Waals surface area contributed by atoms with Crippen LogP contribution in [0.5, 0.6) is 11.5 Å². The number of phenolic OH excluding ortho intramolecular Hbond substituents is 1. The highest BCUT2D eigenvalue weighted by Crippen LogP contribution is 2.42. The average Bonchev–Trinajstić information content (AvgIpc) is 2.73. The van der Waals surface area contributed by atoms with Gasteiger partial charge in [0.2, 0.25) is 0 Å². The van der Waals surface area contributed by atoms with Crippen molar-refractivity contribution in [2.75, 3.05) is 27.2 Å². The van der Waals surface area contributed by atoms with Crippen LogP contribution in [0.25, 0.3) is 0 Å². The van der Waals surface area contributed by atoms with Crippen LogP contribution in [0.4, 0.5) is 0 Å². The Labute approximate surface area is 108 Å². The molecule has 0 amide bonds. The summed E-state index contributed by atoms with van der Waals surface area (Å²) in [6, 6.07) is 4.12. The maximum atomic E-state index is 10.3. The highest BCUT2D eigenvalue weighted by Gasteiger charge is 2.32. The fraction of sp³-hybridized carbons (Fsp3) is 0.571. The van der Waals surface area contributed by atoms with Gasteiger partial charge >= 0.3 is 0 Å². The van der Waals surface area contributed by atoms with Gasteiger partial charge in [0.05, 0.1) is 7.11 Å². The van der Waals surface area contributed by atoms with Crippen LogP contribution in [-0.2, 0) is 0 Å². The number of rotatable bonds is 3. The van der Waals surface area contributed by atoms with Crippen molar-refractivity contribution in [1.82, 2.24) is 4.90 Å². The van der Waals surface area contributed by atoms with Gasteiger partial charge in [0.1, 0.15) is 0 Å². The molecule has 1 aliphatic rings. The third-order valence-electron chi connectivity index (χ3n) is 3.80. The van der Waals surface area contributed by atoms with Crippen molar-refractivity contribution in [3.63, 3.8) is 0 Å². The first-order valence-corrected chi connectivity index (χ1v) is 6.34. The Balaban J connectivity index is 2.36. The largest absolute Gasteiger partial charge is 0.504 e.